The van der Waals surface area contributed by atoms with Crippen molar-refractivity contribution < 1.29 is 28.7 Å². The SMILES string of the molecule is CCCN(Cc1ncc(-c2ccc(-c3ccc(-c4cnc([C@@H]5[C@H]6CC[C@H](C6)N5C(=O)CNC(=O)OC)[nH]4)cc3)cc2)[nH]1)C(=O)CN(N)C(=O)OC. The van der Waals surface area contributed by atoms with Crippen LogP contribution in [0.2, 0.25) is 0 Å². The third kappa shape index (κ3) is 7.72. The molecule has 3 atom stereocenters. The van der Waals surface area contributed by atoms with Crippen LogP contribution < -0.4 is 11.2 Å². The fourth-order valence-electron chi connectivity index (χ4n) is 7.09. The Hall–Kier alpha value is -5.70. The van der Waals surface area contributed by atoms with Crippen molar-refractivity contribution in [3.8, 4) is 33.6 Å². The summed E-state index contributed by atoms with van der Waals surface area (Å²) in [7, 11) is 2.48. The highest BCUT2D eigenvalue weighted by molar-refractivity contribution is 5.83. The first kappa shape index (κ1) is 35.1. The minimum Gasteiger partial charge on any atom is -0.453 e. The number of imidazole rings is 2. The summed E-state index contributed by atoms with van der Waals surface area (Å²) in [6, 6.07) is 16.3. The van der Waals surface area contributed by atoms with E-state index in [-0.39, 0.29) is 43.5 Å². The number of rotatable bonds is 12. The number of carbonyl (C=O) groups is 4. The largest absolute Gasteiger partial charge is 0.453 e. The van der Waals surface area contributed by atoms with Crippen LogP contribution in [0.1, 0.15) is 50.3 Å². The third-order valence-electron chi connectivity index (χ3n) is 9.57. The zero-order valence-corrected chi connectivity index (χ0v) is 28.9. The van der Waals surface area contributed by atoms with Crippen LogP contribution in [0, 0.1) is 5.92 Å². The smallest absolute Gasteiger partial charge is 0.424 e. The van der Waals surface area contributed by atoms with Gasteiger partial charge >= 0.3 is 12.2 Å². The Morgan fingerprint density at radius 2 is 1.53 bits per heavy atom. The first-order chi connectivity index (χ1) is 24.7. The van der Waals surface area contributed by atoms with Gasteiger partial charge in [-0.3, -0.25) is 9.59 Å². The van der Waals surface area contributed by atoms with E-state index in [1.807, 2.05) is 54.4 Å². The number of amides is 4. The standard InChI is InChI=1S/C36H43N9O6/c1-4-15-43(32(47)21-44(37)36(49)51-3)20-30-38-17-28(41-30)24-9-5-22(6-10-24)23-7-11-25(12-8-23)29-18-39-34(42-29)33-26-13-14-27(16-26)45(33)31(46)19-40-35(48)50-2/h5-12,17-18,26-27,33H,4,13-16,19-21,37H2,1-3H3,(H,38,41)(H,39,42)(H,40,48)/t26-,27+,33-/m0/s1. The lowest BCUT2D eigenvalue weighted by atomic mass is 9.98. The van der Waals surface area contributed by atoms with Crippen LogP contribution in [0.25, 0.3) is 33.6 Å². The van der Waals surface area contributed by atoms with Crippen molar-refractivity contribution in [2.45, 2.75) is 51.2 Å². The maximum atomic E-state index is 13.1. The number of hydrogen-bond donors (Lipinski definition) is 4. The molecule has 2 aromatic heterocycles. The molecule has 4 amide bonds. The summed E-state index contributed by atoms with van der Waals surface area (Å²) >= 11 is 0. The average Bonchev–Trinajstić information content (AvgIpc) is 3.98. The quantitative estimate of drug-likeness (QED) is 0.0953. The number of aromatic amines is 2. The zero-order valence-electron chi connectivity index (χ0n) is 28.9. The van der Waals surface area contributed by atoms with Gasteiger partial charge < -0.3 is 34.6 Å². The number of alkyl carbamates (subject to hydrolysis) is 1. The van der Waals surface area contributed by atoms with Gasteiger partial charge in [-0.1, -0.05) is 55.5 Å². The van der Waals surface area contributed by atoms with Gasteiger partial charge in [0.25, 0.3) is 0 Å². The number of methoxy groups -OCH3 is 2. The summed E-state index contributed by atoms with van der Waals surface area (Å²) in [6.45, 7) is 2.28. The normalized spacial score (nSPS) is 17.6. The minimum atomic E-state index is -0.784. The molecule has 2 aliphatic rings. The Balaban J connectivity index is 1.09. The molecular formula is C36H43N9O6. The summed E-state index contributed by atoms with van der Waals surface area (Å²) in [5.41, 5.74) is 5.70. The minimum absolute atomic E-state index is 0.110. The maximum Gasteiger partial charge on any atom is 0.424 e. The van der Waals surface area contributed by atoms with Crippen molar-refractivity contribution in [3.63, 3.8) is 0 Å². The highest BCUT2D eigenvalue weighted by Crippen LogP contribution is 2.49. The highest BCUT2D eigenvalue weighted by Gasteiger charge is 2.49. The molecule has 0 radical (unpaired) electrons. The molecule has 15 nitrogen and oxygen atoms in total. The second-order valence-corrected chi connectivity index (χ2v) is 12.8. The van der Waals surface area contributed by atoms with Gasteiger partial charge in [-0.15, -0.1) is 0 Å². The number of aromatic nitrogens is 4. The number of benzene rings is 2. The number of carbonyl (C=O) groups excluding carboxylic acids is 4. The lowest BCUT2D eigenvalue weighted by Gasteiger charge is -2.34. The van der Waals surface area contributed by atoms with E-state index in [4.69, 9.17) is 10.8 Å². The van der Waals surface area contributed by atoms with Crippen LogP contribution >= 0.6 is 0 Å². The third-order valence-corrected chi connectivity index (χ3v) is 9.57. The van der Waals surface area contributed by atoms with Crippen molar-refractivity contribution in [3.05, 3.63) is 72.6 Å². The number of piperidine rings is 1. The molecule has 268 valence electrons. The number of fused-ring (bicyclic) bond motifs is 2. The van der Waals surface area contributed by atoms with Gasteiger partial charge in [0.15, 0.2) is 0 Å². The molecule has 0 unspecified atom stereocenters. The lowest BCUT2D eigenvalue weighted by Crippen LogP contribution is -2.46. The molecule has 2 bridgehead atoms. The zero-order chi connectivity index (χ0) is 36.1. The van der Waals surface area contributed by atoms with E-state index in [2.05, 4.69) is 41.9 Å². The van der Waals surface area contributed by atoms with E-state index < -0.39 is 12.2 Å². The number of H-pyrrole nitrogens is 2. The number of likely N-dealkylation sites (tertiary alicyclic amines) is 1. The molecule has 51 heavy (non-hydrogen) atoms. The second-order valence-electron chi connectivity index (χ2n) is 12.8. The Morgan fingerprint density at radius 3 is 2.16 bits per heavy atom. The van der Waals surface area contributed by atoms with Crippen LogP contribution in [0.4, 0.5) is 9.59 Å². The molecule has 5 N–H and O–H groups in total. The number of hydrogen-bond acceptors (Lipinski definition) is 9. The monoisotopic (exact) mass is 697 g/mol. The van der Waals surface area contributed by atoms with Crippen molar-refractivity contribution in [1.82, 2.24) is 40.1 Å². The molecule has 1 saturated heterocycles. The Labute approximate surface area is 295 Å². The van der Waals surface area contributed by atoms with Crippen LogP contribution in [-0.4, -0.2) is 98.6 Å². The summed E-state index contributed by atoms with van der Waals surface area (Å²) in [5.74, 6) is 6.91. The van der Waals surface area contributed by atoms with E-state index in [1.165, 1.54) is 14.2 Å². The molecule has 4 aromatic rings. The average molecular weight is 698 g/mol. The van der Waals surface area contributed by atoms with Gasteiger partial charge in [0.2, 0.25) is 11.8 Å². The van der Waals surface area contributed by atoms with Gasteiger partial charge in [-0.25, -0.2) is 30.4 Å². The molecule has 2 fully saturated rings. The molecule has 3 heterocycles. The predicted octanol–water partition coefficient (Wildman–Crippen LogP) is 4.22. The predicted molar refractivity (Wildman–Crippen MR) is 187 cm³/mol. The molecule has 15 heteroatoms. The number of ether oxygens (including phenoxy) is 2. The van der Waals surface area contributed by atoms with Gasteiger partial charge in [0.1, 0.15) is 24.7 Å². The van der Waals surface area contributed by atoms with Crippen LogP contribution in [-0.2, 0) is 25.6 Å². The van der Waals surface area contributed by atoms with Crippen LogP contribution in [0.5, 0.6) is 0 Å². The van der Waals surface area contributed by atoms with Crippen molar-refractivity contribution >= 4 is 24.0 Å². The van der Waals surface area contributed by atoms with Gasteiger partial charge in [-0.2, -0.15) is 0 Å². The van der Waals surface area contributed by atoms with Gasteiger partial charge in [-0.05, 0) is 53.9 Å². The maximum absolute atomic E-state index is 13.1. The van der Waals surface area contributed by atoms with E-state index in [0.29, 0.717) is 18.3 Å². The van der Waals surface area contributed by atoms with Gasteiger partial charge in [0.05, 0.1) is 50.6 Å². The van der Waals surface area contributed by atoms with Crippen LogP contribution in [0.15, 0.2) is 60.9 Å². The van der Waals surface area contributed by atoms with E-state index in [1.54, 1.807) is 11.1 Å². The molecule has 1 aliphatic carbocycles. The lowest BCUT2D eigenvalue weighted by molar-refractivity contribution is -0.135. The van der Waals surface area contributed by atoms with Crippen molar-refractivity contribution in [2.75, 3.05) is 33.9 Å². The fourth-order valence-corrected chi connectivity index (χ4v) is 7.09. The Bertz CT molecular complexity index is 1850. The summed E-state index contributed by atoms with van der Waals surface area (Å²) in [6.07, 6.45) is 5.81. The van der Waals surface area contributed by atoms with Crippen molar-refractivity contribution in [2.24, 2.45) is 11.8 Å². The van der Waals surface area contributed by atoms with E-state index in [9.17, 15) is 19.2 Å². The number of nitrogens with two attached hydrogens (primary N) is 1. The molecule has 1 saturated carbocycles. The van der Waals surface area contributed by atoms with E-state index in [0.717, 1.165) is 70.2 Å². The topological polar surface area (TPSA) is 192 Å². The Kier molecular flexibility index (Phi) is 10.7. The second kappa shape index (κ2) is 15.5. The molecule has 1 aliphatic heterocycles. The molecular weight excluding hydrogens is 654 g/mol. The molecule has 6 rings (SSSR count). The number of hydrazine groups is 1. The fraction of sp³-hybridized carbons (Fsp3) is 0.389. The molecule has 2 aromatic carbocycles. The summed E-state index contributed by atoms with van der Waals surface area (Å²) in [5, 5.41) is 3.26. The van der Waals surface area contributed by atoms with Gasteiger partial charge in [0, 0.05) is 12.6 Å². The number of nitrogens with zero attached hydrogens (tertiary/aromatic N) is 5. The number of nitrogens with one attached hydrogen (secondary N) is 3. The summed E-state index contributed by atoms with van der Waals surface area (Å²) < 4.78 is 9.20. The highest BCUT2D eigenvalue weighted by atomic mass is 16.5. The van der Waals surface area contributed by atoms with E-state index >= 15 is 0 Å². The Morgan fingerprint density at radius 1 is 0.902 bits per heavy atom. The molecule has 0 spiro atoms. The van der Waals surface area contributed by atoms with Crippen molar-refractivity contribution in [1.29, 1.82) is 0 Å². The van der Waals surface area contributed by atoms with Crippen LogP contribution in [0.3, 0.4) is 0 Å². The summed E-state index contributed by atoms with van der Waals surface area (Å²) in [4.78, 5) is 68.5. The first-order valence-corrected chi connectivity index (χ1v) is 17.0. The first-order valence-electron chi connectivity index (χ1n) is 17.0.